The van der Waals surface area contributed by atoms with Gasteiger partial charge in [-0.1, -0.05) is 12.1 Å². The summed E-state index contributed by atoms with van der Waals surface area (Å²) in [5.74, 6) is 1.73. The van der Waals surface area contributed by atoms with Crippen molar-refractivity contribution in [3.8, 4) is 5.75 Å². The number of methoxy groups -OCH3 is 2. The van der Waals surface area contributed by atoms with Gasteiger partial charge in [-0.3, -0.25) is 0 Å². The van der Waals surface area contributed by atoms with Crippen LogP contribution in [0, 0.1) is 6.92 Å². The van der Waals surface area contributed by atoms with Gasteiger partial charge in [0.2, 0.25) is 0 Å². The third-order valence-electron chi connectivity index (χ3n) is 3.41. The average molecular weight is 465 g/mol. The summed E-state index contributed by atoms with van der Waals surface area (Å²) < 4.78 is 15.7. The number of benzene rings is 1. The Morgan fingerprint density at radius 2 is 1.92 bits per heavy atom. The zero-order valence-electron chi connectivity index (χ0n) is 15.8. The summed E-state index contributed by atoms with van der Waals surface area (Å²) in [5, 5.41) is 6.58. The van der Waals surface area contributed by atoms with E-state index in [1.54, 1.807) is 14.2 Å². The van der Waals surface area contributed by atoms with E-state index in [0.29, 0.717) is 26.4 Å². The maximum absolute atomic E-state index is 5.44. The molecule has 0 bridgehead atoms. The molecule has 1 aromatic carbocycles. The zero-order chi connectivity index (χ0) is 17.6. The lowest BCUT2D eigenvalue weighted by atomic mass is 10.1. The van der Waals surface area contributed by atoms with E-state index in [9.17, 15) is 0 Å². The van der Waals surface area contributed by atoms with Gasteiger partial charge in [0.1, 0.15) is 5.75 Å². The van der Waals surface area contributed by atoms with Crippen molar-refractivity contribution in [2.45, 2.75) is 26.8 Å². The summed E-state index contributed by atoms with van der Waals surface area (Å²) in [7, 11) is 3.36. The van der Waals surface area contributed by atoms with E-state index in [-0.39, 0.29) is 24.0 Å². The molecule has 0 aliphatic rings. The highest BCUT2D eigenvalue weighted by Gasteiger charge is 2.01. The summed E-state index contributed by atoms with van der Waals surface area (Å²) in [5.41, 5.74) is 2.28. The van der Waals surface area contributed by atoms with Gasteiger partial charge in [-0.25, -0.2) is 4.99 Å². The van der Waals surface area contributed by atoms with E-state index >= 15 is 0 Å². The van der Waals surface area contributed by atoms with Gasteiger partial charge < -0.3 is 24.8 Å². The largest absolute Gasteiger partial charge is 0.496 e. The van der Waals surface area contributed by atoms with Gasteiger partial charge in [-0.2, -0.15) is 0 Å². The molecule has 7 heteroatoms. The predicted molar refractivity (Wildman–Crippen MR) is 113 cm³/mol. The van der Waals surface area contributed by atoms with E-state index in [1.807, 2.05) is 19.1 Å². The molecule has 0 atom stereocenters. The lowest BCUT2D eigenvalue weighted by Gasteiger charge is -2.12. The molecule has 0 aromatic heterocycles. The van der Waals surface area contributed by atoms with Crippen LogP contribution in [0.5, 0.6) is 5.75 Å². The SMILES string of the molecule is CCNC(=NCc1ccc(OC)c(C)c1)NCCCOCCOC.I. The first-order valence-corrected chi connectivity index (χ1v) is 8.43. The van der Waals surface area contributed by atoms with Gasteiger partial charge in [0, 0.05) is 26.8 Å². The summed E-state index contributed by atoms with van der Waals surface area (Å²) in [6.07, 6.45) is 0.926. The van der Waals surface area contributed by atoms with Crippen LogP contribution in [0.4, 0.5) is 0 Å². The molecule has 0 aliphatic carbocycles. The molecular formula is C18H32IN3O3. The highest BCUT2D eigenvalue weighted by molar-refractivity contribution is 14.0. The van der Waals surface area contributed by atoms with Crippen molar-refractivity contribution in [1.82, 2.24) is 10.6 Å². The first kappa shape index (κ1) is 23.9. The van der Waals surface area contributed by atoms with Crippen molar-refractivity contribution in [3.05, 3.63) is 29.3 Å². The van der Waals surface area contributed by atoms with Crippen LogP contribution in [0.25, 0.3) is 0 Å². The molecule has 144 valence electrons. The molecule has 25 heavy (non-hydrogen) atoms. The number of hydrogen-bond acceptors (Lipinski definition) is 4. The van der Waals surface area contributed by atoms with E-state index in [1.165, 1.54) is 0 Å². The van der Waals surface area contributed by atoms with Crippen LogP contribution in [0.2, 0.25) is 0 Å². The van der Waals surface area contributed by atoms with Crippen molar-refractivity contribution >= 4 is 29.9 Å². The molecule has 6 nitrogen and oxygen atoms in total. The molecule has 1 rings (SSSR count). The standard InChI is InChI=1S/C18H31N3O3.HI/c1-5-19-18(20-9-6-10-24-12-11-22-3)21-14-16-7-8-17(23-4)15(2)13-16;/h7-8,13H,5-6,9-12,14H2,1-4H3,(H2,19,20,21);1H. The number of nitrogens with zero attached hydrogens (tertiary/aromatic N) is 1. The smallest absolute Gasteiger partial charge is 0.191 e. The molecular weight excluding hydrogens is 433 g/mol. The predicted octanol–water partition coefficient (Wildman–Crippen LogP) is 2.73. The van der Waals surface area contributed by atoms with Gasteiger partial charge in [-0.15, -0.1) is 24.0 Å². The van der Waals surface area contributed by atoms with Crippen LogP contribution in [0.3, 0.4) is 0 Å². The zero-order valence-corrected chi connectivity index (χ0v) is 18.1. The third-order valence-corrected chi connectivity index (χ3v) is 3.41. The summed E-state index contributed by atoms with van der Waals surface area (Å²) in [4.78, 5) is 4.62. The number of guanidine groups is 1. The number of rotatable bonds is 11. The Kier molecular flexibility index (Phi) is 14.6. The number of hydrogen-bond donors (Lipinski definition) is 2. The van der Waals surface area contributed by atoms with Crippen LogP contribution in [-0.4, -0.2) is 53.1 Å². The Hall–Kier alpha value is -1.06. The number of nitrogens with one attached hydrogen (secondary N) is 2. The minimum absolute atomic E-state index is 0. The Morgan fingerprint density at radius 3 is 2.56 bits per heavy atom. The number of aryl methyl sites for hydroxylation is 1. The first-order chi connectivity index (χ1) is 11.7. The number of halogens is 1. The highest BCUT2D eigenvalue weighted by Crippen LogP contribution is 2.18. The Bertz CT molecular complexity index is 498. The Labute approximate surface area is 168 Å². The quantitative estimate of drug-likeness (QED) is 0.228. The fourth-order valence-electron chi connectivity index (χ4n) is 2.18. The normalized spacial score (nSPS) is 11.0. The lowest BCUT2D eigenvalue weighted by molar-refractivity contribution is 0.0698. The Balaban J connectivity index is 0.00000576. The van der Waals surface area contributed by atoms with Crippen LogP contribution in [-0.2, 0) is 16.0 Å². The first-order valence-electron chi connectivity index (χ1n) is 8.43. The molecule has 0 unspecified atom stereocenters. The minimum Gasteiger partial charge on any atom is -0.496 e. The van der Waals surface area contributed by atoms with Gasteiger partial charge in [-0.05, 0) is 37.5 Å². The van der Waals surface area contributed by atoms with Crippen LogP contribution in [0.1, 0.15) is 24.5 Å². The van der Waals surface area contributed by atoms with E-state index < -0.39 is 0 Å². The monoisotopic (exact) mass is 465 g/mol. The average Bonchev–Trinajstić information content (AvgIpc) is 2.59. The molecule has 0 saturated carbocycles. The van der Waals surface area contributed by atoms with Gasteiger partial charge in [0.05, 0.1) is 26.9 Å². The molecule has 2 N–H and O–H groups in total. The Morgan fingerprint density at radius 1 is 1.12 bits per heavy atom. The van der Waals surface area contributed by atoms with Gasteiger partial charge in [0.25, 0.3) is 0 Å². The molecule has 0 radical (unpaired) electrons. The second-order valence-electron chi connectivity index (χ2n) is 5.38. The molecule has 0 heterocycles. The minimum atomic E-state index is 0. The fourth-order valence-corrected chi connectivity index (χ4v) is 2.18. The third kappa shape index (κ3) is 10.5. The van der Waals surface area contributed by atoms with Crippen LogP contribution >= 0.6 is 24.0 Å². The van der Waals surface area contributed by atoms with Crippen molar-refractivity contribution in [3.63, 3.8) is 0 Å². The topological polar surface area (TPSA) is 64.1 Å². The molecule has 0 aliphatic heterocycles. The summed E-state index contributed by atoms with van der Waals surface area (Å²) in [6.45, 7) is 8.37. The number of ether oxygens (including phenoxy) is 3. The van der Waals surface area contributed by atoms with Crippen molar-refractivity contribution < 1.29 is 14.2 Å². The van der Waals surface area contributed by atoms with Crippen LogP contribution in [0.15, 0.2) is 23.2 Å². The summed E-state index contributed by atoms with van der Waals surface area (Å²) in [6, 6.07) is 6.13. The van der Waals surface area contributed by atoms with Crippen molar-refractivity contribution in [2.75, 3.05) is 47.1 Å². The maximum atomic E-state index is 5.44. The van der Waals surface area contributed by atoms with E-state index in [0.717, 1.165) is 42.3 Å². The maximum Gasteiger partial charge on any atom is 0.191 e. The van der Waals surface area contributed by atoms with Gasteiger partial charge >= 0.3 is 0 Å². The number of aliphatic imine (C=N–C) groups is 1. The summed E-state index contributed by atoms with van der Waals surface area (Å²) >= 11 is 0. The lowest BCUT2D eigenvalue weighted by Crippen LogP contribution is -2.38. The molecule has 0 fully saturated rings. The fraction of sp³-hybridized carbons (Fsp3) is 0.611. The second-order valence-corrected chi connectivity index (χ2v) is 5.38. The molecule has 0 saturated heterocycles. The van der Waals surface area contributed by atoms with Crippen molar-refractivity contribution in [1.29, 1.82) is 0 Å². The van der Waals surface area contributed by atoms with E-state index in [2.05, 4.69) is 28.6 Å². The second kappa shape index (κ2) is 15.2. The van der Waals surface area contributed by atoms with Crippen molar-refractivity contribution in [2.24, 2.45) is 4.99 Å². The molecule has 0 spiro atoms. The molecule has 1 aromatic rings. The van der Waals surface area contributed by atoms with E-state index in [4.69, 9.17) is 14.2 Å². The molecule has 0 amide bonds. The highest BCUT2D eigenvalue weighted by atomic mass is 127. The van der Waals surface area contributed by atoms with Crippen LogP contribution < -0.4 is 15.4 Å². The van der Waals surface area contributed by atoms with Gasteiger partial charge in [0.15, 0.2) is 5.96 Å².